The van der Waals surface area contributed by atoms with Gasteiger partial charge in [0.2, 0.25) is 5.91 Å². The van der Waals surface area contributed by atoms with Crippen LogP contribution < -0.4 is 0 Å². The number of carboxylic acid groups (broad SMARTS) is 1. The lowest BCUT2D eigenvalue weighted by Crippen LogP contribution is -2.40. The summed E-state index contributed by atoms with van der Waals surface area (Å²) in [6.45, 7) is 2.68. The van der Waals surface area contributed by atoms with Crippen molar-refractivity contribution < 1.29 is 14.7 Å². The van der Waals surface area contributed by atoms with Crippen LogP contribution in [0.5, 0.6) is 0 Å². The number of hydrogen-bond acceptors (Lipinski definition) is 2. The number of amides is 1. The SMILES string of the molecule is CC(C1CC1)N(Cc1ccccc1)C(=O)C1CC1C(=O)O. The van der Waals surface area contributed by atoms with Gasteiger partial charge in [0.15, 0.2) is 0 Å². The van der Waals surface area contributed by atoms with Crippen LogP contribution in [0.1, 0.15) is 31.7 Å². The smallest absolute Gasteiger partial charge is 0.307 e. The number of carbonyl (C=O) groups excluding carboxylic acids is 1. The van der Waals surface area contributed by atoms with Gasteiger partial charge < -0.3 is 10.0 Å². The maximum Gasteiger partial charge on any atom is 0.307 e. The van der Waals surface area contributed by atoms with Crippen molar-refractivity contribution in [3.63, 3.8) is 0 Å². The average Bonchev–Trinajstić information content (AvgIpc) is 3.37. The number of aliphatic carboxylic acids is 1. The molecule has 112 valence electrons. The summed E-state index contributed by atoms with van der Waals surface area (Å²) in [5, 5.41) is 9.03. The third kappa shape index (κ3) is 3.09. The van der Waals surface area contributed by atoms with E-state index in [1.54, 1.807) is 0 Å². The fourth-order valence-electron chi connectivity index (χ4n) is 2.99. The van der Waals surface area contributed by atoms with Crippen LogP contribution in [0, 0.1) is 17.8 Å². The zero-order chi connectivity index (χ0) is 15.0. The largest absolute Gasteiger partial charge is 0.481 e. The second kappa shape index (κ2) is 5.51. The minimum absolute atomic E-state index is 0.0191. The van der Waals surface area contributed by atoms with Crippen molar-refractivity contribution in [1.29, 1.82) is 0 Å². The highest BCUT2D eigenvalue weighted by atomic mass is 16.4. The highest BCUT2D eigenvalue weighted by molar-refractivity contribution is 5.89. The third-order valence-electron chi connectivity index (χ3n) is 4.70. The van der Waals surface area contributed by atoms with Gasteiger partial charge in [0.05, 0.1) is 11.8 Å². The van der Waals surface area contributed by atoms with Gasteiger partial charge in [-0.05, 0) is 37.7 Å². The first-order chi connectivity index (χ1) is 10.1. The highest BCUT2D eigenvalue weighted by Crippen LogP contribution is 2.43. The number of carboxylic acids is 1. The van der Waals surface area contributed by atoms with E-state index in [2.05, 4.69) is 6.92 Å². The fourth-order valence-corrected chi connectivity index (χ4v) is 2.99. The van der Waals surface area contributed by atoms with Crippen LogP contribution >= 0.6 is 0 Å². The Kier molecular flexibility index (Phi) is 3.70. The Morgan fingerprint density at radius 1 is 1.24 bits per heavy atom. The molecule has 3 unspecified atom stereocenters. The summed E-state index contributed by atoms with van der Waals surface area (Å²) in [5.41, 5.74) is 1.10. The summed E-state index contributed by atoms with van der Waals surface area (Å²) in [4.78, 5) is 25.6. The lowest BCUT2D eigenvalue weighted by atomic mass is 10.1. The average molecular weight is 287 g/mol. The number of hydrogen-bond donors (Lipinski definition) is 1. The van der Waals surface area contributed by atoms with E-state index in [4.69, 9.17) is 5.11 Å². The molecular formula is C17H21NO3. The molecule has 2 saturated carbocycles. The molecule has 2 fully saturated rings. The minimum Gasteiger partial charge on any atom is -0.481 e. The molecule has 0 aromatic heterocycles. The zero-order valence-electron chi connectivity index (χ0n) is 12.2. The zero-order valence-corrected chi connectivity index (χ0v) is 12.2. The van der Waals surface area contributed by atoms with Gasteiger partial charge in [-0.2, -0.15) is 0 Å². The van der Waals surface area contributed by atoms with Gasteiger partial charge >= 0.3 is 5.97 Å². The Morgan fingerprint density at radius 3 is 2.43 bits per heavy atom. The number of benzene rings is 1. The normalized spacial score (nSPS) is 25.2. The molecule has 1 N–H and O–H groups in total. The molecular weight excluding hydrogens is 266 g/mol. The molecule has 1 aromatic carbocycles. The van der Waals surface area contributed by atoms with E-state index in [9.17, 15) is 9.59 Å². The highest BCUT2D eigenvalue weighted by Gasteiger charge is 2.51. The first-order valence-corrected chi connectivity index (χ1v) is 7.65. The molecule has 4 nitrogen and oxygen atoms in total. The van der Waals surface area contributed by atoms with Gasteiger partial charge in [-0.1, -0.05) is 30.3 Å². The van der Waals surface area contributed by atoms with E-state index >= 15 is 0 Å². The van der Waals surface area contributed by atoms with Gasteiger partial charge in [0.25, 0.3) is 0 Å². The predicted octanol–water partition coefficient (Wildman–Crippen LogP) is 2.53. The molecule has 1 aromatic rings. The third-order valence-corrected chi connectivity index (χ3v) is 4.70. The Labute approximate surface area is 124 Å². The van der Waals surface area contributed by atoms with Crippen molar-refractivity contribution in [2.45, 2.75) is 38.8 Å². The minimum atomic E-state index is -0.841. The Morgan fingerprint density at radius 2 is 1.90 bits per heavy atom. The molecule has 1 amide bonds. The van der Waals surface area contributed by atoms with E-state index in [-0.39, 0.29) is 17.9 Å². The topological polar surface area (TPSA) is 57.6 Å². The maximum atomic E-state index is 12.7. The van der Waals surface area contributed by atoms with Crippen LogP contribution in [0.15, 0.2) is 30.3 Å². The second-order valence-corrected chi connectivity index (χ2v) is 6.32. The summed E-state index contributed by atoms with van der Waals surface area (Å²) >= 11 is 0. The first-order valence-electron chi connectivity index (χ1n) is 7.65. The van der Waals surface area contributed by atoms with Gasteiger partial charge in [0, 0.05) is 12.6 Å². The molecule has 3 rings (SSSR count). The summed E-state index contributed by atoms with van der Waals surface area (Å²) in [6.07, 6.45) is 2.84. The fraction of sp³-hybridized carbons (Fsp3) is 0.529. The maximum absolute atomic E-state index is 12.7. The van der Waals surface area contributed by atoms with Crippen molar-refractivity contribution in [2.75, 3.05) is 0 Å². The van der Waals surface area contributed by atoms with E-state index in [1.165, 1.54) is 12.8 Å². The molecule has 0 aliphatic heterocycles. The van der Waals surface area contributed by atoms with Crippen molar-refractivity contribution in [3.8, 4) is 0 Å². The monoisotopic (exact) mass is 287 g/mol. The molecule has 2 aliphatic rings. The van der Waals surface area contributed by atoms with E-state index in [0.29, 0.717) is 18.9 Å². The Hall–Kier alpha value is -1.84. The molecule has 0 spiro atoms. The van der Waals surface area contributed by atoms with Gasteiger partial charge in [0.1, 0.15) is 0 Å². The Bertz CT molecular complexity index is 538. The van der Waals surface area contributed by atoms with E-state index in [0.717, 1.165) is 5.56 Å². The van der Waals surface area contributed by atoms with Crippen LogP contribution in [0.3, 0.4) is 0 Å². The standard InChI is InChI=1S/C17H21NO3/c1-11(13-7-8-13)18(10-12-5-3-2-4-6-12)16(19)14-9-15(14)17(20)21/h2-6,11,13-15H,7-10H2,1H3,(H,20,21). The van der Waals surface area contributed by atoms with Crippen molar-refractivity contribution in [2.24, 2.45) is 17.8 Å². The van der Waals surface area contributed by atoms with Crippen LogP contribution in [0.2, 0.25) is 0 Å². The molecule has 21 heavy (non-hydrogen) atoms. The quantitative estimate of drug-likeness (QED) is 0.874. The summed E-state index contributed by atoms with van der Waals surface area (Å²) < 4.78 is 0. The number of nitrogens with zero attached hydrogens (tertiary/aromatic N) is 1. The van der Waals surface area contributed by atoms with Gasteiger partial charge in [-0.25, -0.2) is 0 Å². The summed E-state index contributed by atoms with van der Waals surface area (Å²) in [5.74, 6) is -1.02. The van der Waals surface area contributed by atoms with Crippen molar-refractivity contribution in [1.82, 2.24) is 4.90 Å². The first kappa shape index (κ1) is 14.1. The molecule has 0 radical (unpaired) electrons. The van der Waals surface area contributed by atoms with E-state index < -0.39 is 11.9 Å². The van der Waals surface area contributed by atoms with Crippen molar-refractivity contribution in [3.05, 3.63) is 35.9 Å². The molecule has 3 atom stereocenters. The molecule has 2 aliphatic carbocycles. The molecule has 0 heterocycles. The number of carbonyl (C=O) groups is 2. The lowest BCUT2D eigenvalue weighted by molar-refractivity contribution is -0.143. The van der Waals surface area contributed by atoms with Gasteiger partial charge in [-0.15, -0.1) is 0 Å². The predicted molar refractivity (Wildman–Crippen MR) is 78.4 cm³/mol. The van der Waals surface area contributed by atoms with Crippen molar-refractivity contribution >= 4 is 11.9 Å². The molecule has 4 heteroatoms. The molecule has 0 saturated heterocycles. The summed E-state index contributed by atoms with van der Waals surface area (Å²) in [7, 11) is 0. The van der Waals surface area contributed by atoms with Crippen LogP contribution in [-0.4, -0.2) is 27.9 Å². The second-order valence-electron chi connectivity index (χ2n) is 6.32. The Balaban J connectivity index is 1.73. The van der Waals surface area contributed by atoms with Gasteiger partial charge in [-0.3, -0.25) is 9.59 Å². The van der Waals surface area contributed by atoms with E-state index in [1.807, 2.05) is 35.2 Å². The lowest BCUT2D eigenvalue weighted by Gasteiger charge is -2.30. The van der Waals surface area contributed by atoms with Crippen LogP contribution in [0.25, 0.3) is 0 Å². The van der Waals surface area contributed by atoms with Crippen LogP contribution in [0.4, 0.5) is 0 Å². The molecule has 0 bridgehead atoms. The number of rotatable bonds is 6. The van der Waals surface area contributed by atoms with Crippen LogP contribution in [-0.2, 0) is 16.1 Å². The summed E-state index contributed by atoms with van der Waals surface area (Å²) in [6, 6.07) is 10.1.